The van der Waals surface area contributed by atoms with Gasteiger partial charge in [-0.15, -0.1) is 0 Å². The molecule has 1 saturated carbocycles. The predicted molar refractivity (Wildman–Crippen MR) is 72.2 cm³/mol. The van der Waals surface area contributed by atoms with E-state index in [4.69, 9.17) is 4.74 Å². The first-order valence-corrected chi connectivity index (χ1v) is 7.56. The molecule has 2 atom stereocenters. The fourth-order valence-electron chi connectivity index (χ4n) is 3.94. The third kappa shape index (κ3) is 2.68. The molecule has 2 rings (SSSR count). The third-order valence-corrected chi connectivity index (χ3v) is 5.19. The van der Waals surface area contributed by atoms with Crippen LogP contribution in [0.2, 0.25) is 0 Å². The van der Waals surface area contributed by atoms with Crippen LogP contribution in [0.25, 0.3) is 0 Å². The van der Waals surface area contributed by atoms with Crippen LogP contribution in [-0.4, -0.2) is 25.3 Å². The first-order valence-electron chi connectivity index (χ1n) is 7.56. The summed E-state index contributed by atoms with van der Waals surface area (Å²) in [4.78, 5) is 0. The number of rotatable bonds is 5. The first kappa shape index (κ1) is 13.4. The van der Waals surface area contributed by atoms with Crippen molar-refractivity contribution in [3.63, 3.8) is 0 Å². The van der Waals surface area contributed by atoms with E-state index in [9.17, 15) is 0 Å². The Labute approximate surface area is 107 Å². The summed E-state index contributed by atoms with van der Waals surface area (Å²) < 4.78 is 6.05. The van der Waals surface area contributed by atoms with Crippen molar-refractivity contribution in [3.05, 3.63) is 0 Å². The number of ether oxygens (including phenoxy) is 1. The molecule has 2 fully saturated rings. The van der Waals surface area contributed by atoms with Crippen molar-refractivity contribution in [1.82, 2.24) is 5.32 Å². The fourth-order valence-corrected chi connectivity index (χ4v) is 3.94. The summed E-state index contributed by atoms with van der Waals surface area (Å²) in [5, 5.41) is 3.60. The van der Waals surface area contributed by atoms with Gasteiger partial charge in [-0.05, 0) is 51.0 Å². The van der Waals surface area contributed by atoms with Gasteiger partial charge in [-0.25, -0.2) is 0 Å². The van der Waals surface area contributed by atoms with Crippen molar-refractivity contribution >= 4 is 0 Å². The Morgan fingerprint density at radius 2 is 2.00 bits per heavy atom. The molecular weight excluding hydrogens is 210 g/mol. The van der Waals surface area contributed by atoms with Crippen molar-refractivity contribution in [2.45, 2.75) is 70.4 Å². The molecule has 0 amide bonds. The molecular formula is C15H29NO. The topological polar surface area (TPSA) is 21.3 Å². The van der Waals surface area contributed by atoms with Gasteiger partial charge in [0.1, 0.15) is 0 Å². The molecule has 2 nitrogen and oxygen atoms in total. The lowest BCUT2D eigenvalue weighted by Gasteiger charge is -2.49. The van der Waals surface area contributed by atoms with Crippen molar-refractivity contribution in [1.29, 1.82) is 0 Å². The van der Waals surface area contributed by atoms with Crippen LogP contribution >= 0.6 is 0 Å². The number of nitrogens with one attached hydrogen (secondary N) is 1. The molecule has 1 aliphatic carbocycles. The van der Waals surface area contributed by atoms with E-state index in [1.165, 1.54) is 44.9 Å². The van der Waals surface area contributed by atoms with Gasteiger partial charge < -0.3 is 10.1 Å². The Hall–Kier alpha value is -0.0800. The molecule has 0 aromatic heterocycles. The summed E-state index contributed by atoms with van der Waals surface area (Å²) in [7, 11) is 2.14. The molecule has 1 aliphatic heterocycles. The van der Waals surface area contributed by atoms with Gasteiger partial charge in [0, 0.05) is 12.6 Å². The Kier molecular flexibility index (Phi) is 4.48. The second-order valence-corrected chi connectivity index (χ2v) is 6.03. The van der Waals surface area contributed by atoms with Gasteiger partial charge in [-0.3, -0.25) is 0 Å². The molecule has 2 unspecified atom stereocenters. The summed E-state index contributed by atoms with van der Waals surface area (Å²) >= 11 is 0. The quantitative estimate of drug-likeness (QED) is 0.794. The Bertz CT molecular complexity index is 233. The number of hydrogen-bond acceptors (Lipinski definition) is 2. The summed E-state index contributed by atoms with van der Waals surface area (Å²) in [6.07, 6.45) is 9.14. The largest absolute Gasteiger partial charge is 0.375 e. The SMILES string of the molecule is CCC(CC)C(NC)C1CCOC2(CCC2)C1. The van der Waals surface area contributed by atoms with Crippen LogP contribution in [-0.2, 0) is 4.74 Å². The normalized spacial score (nSPS) is 29.3. The molecule has 0 radical (unpaired) electrons. The number of hydrogen-bond donors (Lipinski definition) is 1. The van der Waals surface area contributed by atoms with Crippen LogP contribution in [0, 0.1) is 11.8 Å². The van der Waals surface area contributed by atoms with Crippen molar-refractivity contribution in [3.8, 4) is 0 Å². The highest BCUT2D eigenvalue weighted by molar-refractivity contribution is 4.97. The highest BCUT2D eigenvalue weighted by Gasteiger charge is 2.44. The van der Waals surface area contributed by atoms with E-state index in [2.05, 4.69) is 26.2 Å². The molecule has 2 heteroatoms. The van der Waals surface area contributed by atoms with Crippen LogP contribution in [0.1, 0.15) is 58.8 Å². The molecule has 1 saturated heterocycles. The van der Waals surface area contributed by atoms with Crippen molar-refractivity contribution in [2.75, 3.05) is 13.7 Å². The summed E-state index contributed by atoms with van der Waals surface area (Å²) in [6.45, 7) is 5.65. The first-order chi connectivity index (χ1) is 8.24. The van der Waals surface area contributed by atoms with E-state index in [1.807, 2.05) is 0 Å². The molecule has 1 heterocycles. The average molecular weight is 239 g/mol. The fraction of sp³-hybridized carbons (Fsp3) is 1.00. The maximum absolute atomic E-state index is 6.05. The van der Waals surface area contributed by atoms with Gasteiger partial charge in [-0.1, -0.05) is 26.7 Å². The van der Waals surface area contributed by atoms with E-state index in [0.717, 1.165) is 18.4 Å². The van der Waals surface area contributed by atoms with Crippen molar-refractivity contribution < 1.29 is 4.74 Å². The maximum Gasteiger partial charge on any atom is 0.0685 e. The van der Waals surface area contributed by atoms with Gasteiger partial charge in [-0.2, -0.15) is 0 Å². The molecule has 2 aliphatic rings. The van der Waals surface area contributed by atoms with Gasteiger partial charge in [0.15, 0.2) is 0 Å². The molecule has 0 aromatic rings. The zero-order chi connectivity index (χ0) is 12.3. The van der Waals surface area contributed by atoms with Crippen LogP contribution in [0.15, 0.2) is 0 Å². The van der Waals surface area contributed by atoms with Gasteiger partial charge in [0.05, 0.1) is 5.60 Å². The predicted octanol–water partition coefficient (Wildman–Crippen LogP) is 3.36. The van der Waals surface area contributed by atoms with Crippen LogP contribution in [0.5, 0.6) is 0 Å². The van der Waals surface area contributed by atoms with Gasteiger partial charge in [0.25, 0.3) is 0 Å². The van der Waals surface area contributed by atoms with E-state index < -0.39 is 0 Å². The van der Waals surface area contributed by atoms with Gasteiger partial charge in [0.2, 0.25) is 0 Å². The third-order valence-electron chi connectivity index (χ3n) is 5.19. The van der Waals surface area contributed by atoms with Gasteiger partial charge >= 0.3 is 0 Å². The summed E-state index contributed by atoms with van der Waals surface area (Å²) in [5.74, 6) is 1.67. The minimum Gasteiger partial charge on any atom is -0.375 e. The van der Waals surface area contributed by atoms with E-state index in [1.54, 1.807) is 0 Å². The second kappa shape index (κ2) is 5.71. The Balaban J connectivity index is 1.98. The summed E-state index contributed by atoms with van der Waals surface area (Å²) in [6, 6.07) is 0.700. The van der Waals surface area contributed by atoms with Crippen molar-refractivity contribution in [2.24, 2.45) is 11.8 Å². The van der Waals surface area contributed by atoms with E-state index in [0.29, 0.717) is 11.6 Å². The lowest BCUT2D eigenvalue weighted by molar-refractivity contribution is -0.149. The lowest BCUT2D eigenvalue weighted by atomic mass is 9.68. The molecule has 17 heavy (non-hydrogen) atoms. The minimum atomic E-state index is 0.296. The highest BCUT2D eigenvalue weighted by atomic mass is 16.5. The maximum atomic E-state index is 6.05. The second-order valence-electron chi connectivity index (χ2n) is 6.03. The molecule has 0 aromatic carbocycles. The standard InChI is InChI=1S/C15H29NO/c1-4-12(5-2)14(16-3)13-7-10-17-15(11-13)8-6-9-15/h12-14,16H,4-11H2,1-3H3. The summed E-state index contributed by atoms with van der Waals surface area (Å²) in [5.41, 5.74) is 0.296. The molecule has 100 valence electrons. The average Bonchev–Trinajstić information content (AvgIpc) is 2.34. The molecule has 1 spiro atoms. The Morgan fingerprint density at radius 1 is 1.29 bits per heavy atom. The smallest absolute Gasteiger partial charge is 0.0685 e. The zero-order valence-corrected chi connectivity index (χ0v) is 11.8. The van der Waals surface area contributed by atoms with E-state index >= 15 is 0 Å². The minimum absolute atomic E-state index is 0.296. The zero-order valence-electron chi connectivity index (χ0n) is 11.8. The molecule has 0 bridgehead atoms. The van der Waals surface area contributed by atoms with Crippen LogP contribution < -0.4 is 5.32 Å². The molecule has 1 N–H and O–H groups in total. The highest BCUT2D eigenvalue weighted by Crippen LogP contribution is 2.45. The van der Waals surface area contributed by atoms with E-state index in [-0.39, 0.29) is 0 Å². The van der Waals surface area contributed by atoms with Crippen LogP contribution in [0.4, 0.5) is 0 Å². The monoisotopic (exact) mass is 239 g/mol. The van der Waals surface area contributed by atoms with Crippen LogP contribution in [0.3, 0.4) is 0 Å². The lowest BCUT2D eigenvalue weighted by Crippen LogP contribution is -2.51. The Morgan fingerprint density at radius 3 is 2.47 bits per heavy atom.